The summed E-state index contributed by atoms with van der Waals surface area (Å²) in [5.41, 5.74) is 2.53. The number of fused-ring (bicyclic) bond motifs is 2. The first-order valence-electron chi connectivity index (χ1n) is 8.59. The zero-order valence-corrected chi connectivity index (χ0v) is 14.1. The Kier molecular flexibility index (Phi) is 3.52. The van der Waals surface area contributed by atoms with Crippen LogP contribution >= 0.6 is 0 Å². The number of carbonyl (C=O) groups is 1. The minimum Gasteiger partial charge on any atom is -0.311 e. The second kappa shape index (κ2) is 5.33. The van der Waals surface area contributed by atoms with Crippen molar-refractivity contribution in [3.63, 3.8) is 0 Å². The normalized spacial score (nSPS) is 27.5. The molecule has 0 N–H and O–H groups in total. The Labute approximate surface area is 137 Å². The van der Waals surface area contributed by atoms with Gasteiger partial charge in [0.1, 0.15) is 0 Å². The fraction of sp³-hybridized carbons (Fsp3) is 0.611. The minimum atomic E-state index is -2.92. The van der Waals surface area contributed by atoms with Crippen LogP contribution in [0.5, 0.6) is 0 Å². The highest BCUT2D eigenvalue weighted by molar-refractivity contribution is 7.91. The van der Waals surface area contributed by atoms with E-state index in [1.165, 1.54) is 18.4 Å². The second-order valence-electron chi connectivity index (χ2n) is 7.46. The summed E-state index contributed by atoms with van der Waals surface area (Å²) in [6, 6.07) is 8.28. The molecule has 0 aromatic heterocycles. The van der Waals surface area contributed by atoms with Crippen molar-refractivity contribution >= 4 is 21.4 Å². The molecule has 2 heterocycles. The average molecular weight is 333 g/mol. The van der Waals surface area contributed by atoms with Crippen LogP contribution in [-0.2, 0) is 20.0 Å². The lowest BCUT2D eigenvalue weighted by Crippen LogP contribution is -2.36. The van der Waals surface area contributed by atoms with Crippen molar-refractivity contribution in [2.24, 2.45) is 5.92 Å². The lowest BCUT2D eigenvalue weighted by molar-refractivity contribution is -0.119. The van der Waals surface area contributed by atoms with Crippen LogP contribution in [-0.4, -0.2) is 32.4 Å². The third-order valence-corrected chi connectivity index (χ3v) is 7.72. The molecule has 1 amide bonds. The predicted octanol–water partition coefficient (Wildman–Crippen LogP) is 2.67. The molecule has 1 spiro atoms. The molecule has 4 nitrogen and oxygen atoms in total. The van der Waals surface area contributed by atoms with E-state index in [-0.39, 0.29) is 28.7 Å². The molecule has 1 aliphatic carbocycles. The van der Waals surface area contributed by atoms with Crippen molar-refractivity contribution in [3.05, 3.63) is 29.8 Å². The van der Waals surface area contributed by atoms with Crippen molar-refractivity contribution < 1.29 is 13.2 Å². The molecule has 3 aliphatic rings. The van der Waals surface area contributed by atoms with Gasteiger partial charge in [0.25, 0.3) is 0 Å². The summed E-state index contributed by atoms with van der Waals surface area (Å²) >= 11 is 0. The molecule has 0 unspecified atom stereocenters. The van der Waals surface area contributed by atoms with Crippen molar-refractivity contribution in [2.75, 3.05) is 23.0 Å². The van der Waals surface area contributed by atoms with Crippen LogP contribution in [0.2, 0.25) is 0 Å². The van der Waals surface area contributed by atoms with Gasteiger partial charge in [-0.2, -0.15) is 0 Å². The molecule has 0 radical (unpaired) electrons. The minimum absolute atomic E-state index is 0.000194. The topological polar surface area (TPSA) is 54.5 Å². The highest BCUT2D eigenvalue weighted by Crippen LogP contribution is 2.50. The van der Waals surface area contributed by atoms with Gasteiger partial charge in [-0.25, -0.2) is 8.42 Å². The van der Waals surface area contributed by atoms with Gasteiger partial charge in [-0.3, -0.25) is 4.79 Å². The Balaban J connectivity index is 1.57. The Morgan fingerprint density at radius 1 is 1.22 bits per heavy atom. The lowest BCUT2D eigenvalue weighted by atomic mass is 9.81. The van der Waals surface area contributed by atoms with Gasteiger partial charge in [0, 0.05) is 24.1 Å². The number of nitrogens with zero attached hydrogens (tertiary/aromatic N) is 1. The SMILES string of the molecule is O=C(C[C@H]1CCS(=O)(=O)C1)N1CC2(CCCC2)c2ccccc21. The van der Waals surface area contributed by atoms with E-state index in [4.69, 9.17) is 0 Å². The van der Waals surface area contributed by atoms with Crippen LogP contribution in [0.25, 0.3) is 0 Å². The van der Waals surface area contributed by atoms with Crippen LogP contribution in [0, 0.1) is 5.92 Å². The number of hydrogen-bond donors (Lipinski definition) is 0. The van der Waals surface area contributed by atoms with Crippen molar-refractivity contribution in [1.82, 2.24) is 0 Å². The lowest BCUT2D eigenvalue weighted by Gasteiger charge is -2.25. The van der Waals surface area contributed by atoms with Crippen molar-refractivity contribution in [3.8, 4) is 0 Å². The van der Waals surface area contributed by atoms with Gasteiger partial charge >= 0.3 is 0 Å². The number of benzene rings is 1. The zero-order valence-electron chi connectivity index (χ0n) is 13.3. The first-order valence-corrected chi connectivity index (χ1v) is 10.4. The molecule has 5 heteroatoms. The van der Waals surface area contributed by atoms with E-state index in [1.54, 1.807) is 0 Å². The number of amides is 1. The molecule has 124 valence electrons. The summed E-state index contributed by atoms with van der Waals surface area (Å²) in [5, 5.41) is 0. The van der Waals surface area contributed by atoms with Crippen LogP contribution < -0.4 is 4.90 Å². The molecule has 1 saturated carbocycles. The van der Waals surface area contributed by atoms with Crippen LogP contribution in [0.1, 0.15) is 44.1 Å². The molecule has 1 atom stereocenters. The molecule has 1 aromatic carbocycles. The first kappa shape index (κ1) is 15.2. The van der Waals surface area contributed by atoms with E-state index >= 15 is 0 Å². The highest BCUT2D eigenvalue weighted by Gasteiger charge is 2.46. The van der Waals surface area contributed by atoms with Gasteiger partial charge < -0.3 is 4.90 Å². The van der Waals surface area contributed by atoms with Gasteiger partial charge in [-0.1, -0.05) is 31.0 Å². The summed E-state index contributed by atoms with van der Waals surface area (Å²) in [7, 11) is -2.92. The highest BCUT2D eigenvalue weighted by atomic mass is 32.2. The average Bonchev–Trinajstić information content (AvgIpc) is 3.20. The third kappa shape index (κ3) is 2.59. The summed E-state index contributed by atoms with van der Waals surface area (Å²) in [6.45, 7) is 0.782. The van der Waals surface area contributed by atoms with E-state index in [0.29, 0.717) is 12.8 Å². The molecule has 2 aliphatic heterocycles. The maximum atomic E-state index is 12.8. The van der Waals surface area contributed by atoms with E-state index in [1.807, 2.05) is 17.0 Å². The Hall–Kier alpha value is -1.36. The Bertz CT molecular complexity index is 734. The van der Waals surface area contributed by atoms with Gasteiger partial charge in [-0.05, 0) is 36.8 Å². The number of para-hydroxylation sites is 1. The van der Waals surface area contributed by atoms with Gasteiger partial charge in [-0.15, -0.1) is 0 Å². The summed E-state index contributed by atoms with van der Waals surface area (Å²) in [5.74, 6) is 0.522. The maximum absolute atomic E-state index is 12.8. The van der Waals surface area contributed by atoms with Crippen molar-refractivity contribution in [2.45, 2.75) is 43.9 Å². The Morgan fingerprint density at radius 2 is 1.96 bits per heavy atom. The smallest absolute Gasteiger partial charge is 0.227 e. The van der Waals surface area contributed by atoms with Gasteiger partial charge in [0.05, 0.1) is 11.5 Å². The van der Waals surface area contributed by atoms with Crippen LogP contribution in [0.15, 0.2) is 24.3 Å². The van der Waals surface area contributed by atoms with E-state index in [9.17, 15) is 13.2 Å². The monoisotopic (exact) mass is 333 g/mol. The Morgan fingerprint density at radius 3 is 2.65 bits per heavy atom. The standard InChI is InChI=1S/C18H23NO3S/c20-17(11-14-7-10-23(21,22)12-14)19-13-18(8-3-4-9-18)15-5-1-2-6-16(15)19/h1-2,5-6,14H,3-4,7-13H2/t14-/m1/s1. The molecule has 1 aromatic rings. The third-order valence-electron chi connectivity index (χ3n) is 5.88. The second-order valence-corrected chi connectivity index (χ2v) is 9.69. The fourth-order valence-electron chi connectivity index (χ4n) is 4.72. The molecule has 1 saturated heterocycles. The number of carbonyl (C=O) groups excluding carboxylic acids is 1. The zero-order chi connectivity index (χ0) is 16.1. The predicted molar refractivity (Wildman–Crippen MR) is 90.3 cm³/mol. The summed E-state index contributed by atoms with van der Waals surface area (Å²) in [6.07, 6.45) is 5.78. The molecule has 2 fully saturated rings. The van der Waals surface area contributed by atoms with Crippen molar-refractivity contribution in [1.29, 1.82) is 0 Å². The molecular weight excluding hydrogens is 310 g/mol. The number of rotatable bonds is 2. The number of hydrogen-bond acceptors (Lipinski definition) is 3. The molecular formula is C18H23NO3S. The van der Waals surface area contributed by atoms with E-state index in [0.717, 1.165) is 25.1 Å². The largest absolute Gasteiger partial charge is 0.311 e. The summed E-state index contributed by atoms with van der Waals surface area (Å²) in [4.78, 5) is 14.8. The van der Waals surface area contributed by atoms with Crippen LogP contribution in [0.3, 0.4) is 0 Å². The van der Waals surface area contributed by atoms with E-state index in [2.05, 4.69) is 12.1 Å². The number of sulfone groups is 1. The van der Waals surface area contributed by atoms with E-state index < -0.39 is 9.84 Å². The molecule has 4 rings (SSSR count). The first-order chi connectivity index (χ1) is 11.0. The molecule has 23 heavy (non-hydrogen) atoms. The quantitative estimate of drug-likeness (QED) is 0.836. The number of anilines is 1. The fourth-order valence-corrected chi connectivity index (χ4v) is 6.58. The maximum Gasteiger partial charge on any atom is 0.227 e. The van der Waals surface area contributed by atoms with Gasteiger partial charge in [0.2, 0.25) is 5.91 Å². The molecule has 0 bridgehead atoms. The van der Waals surface area contributed by atoms with Crippen LogP contribution in [0.4, 0.5) is 5.69 Å². The van der Waals surface area contributed by atoms with Gasteiger partial charge in [0.15, 0.2) is 9.84 Å². The summed E-state index contributed by atoms with van der Waals surface area (Å²) < 4.78 is 23.2.